The van der Waals surface area contributed by atoms with E-state index in [1.54, 1.807) is 0 Å². The van der Waals surface area contributed by atoms with E-state index < -0.39 is 31.9 Å². The van der Waals surface area contributed by atoms with Gasteiger partial charge >= 0.3 is 0 Å². The molecule has 0 heterocycles. The summed E-state index contributed by atoms with van der Waals surface area (Å²) in [4.78, 5) is 10.0. The number of rotatable bonds is 6. The molecule has 0 saturated carbocycles. The van der Waals surface area contributed by atoms with Crippen LogP contribution in [-0.4, -0.2) is 28.8 Å². The number of sulfone groups is 1. The molecule has 0 saturated heterocycles. The van der Waals surface area contributed by atoms with E-state index in [1.165, 1.54) is 36.4 Å². The molecule has 2 aromatic carbocycles. The molecule has 25 heavy (non-hydrogen) atoms. The Hall–Kier alpha value is -1.94. The number of carbonyl (C=O) groups excluding carboxylic acids is 1. The number of hydrogen-bond acceptors (Lipinski definition) is 6. The first-order valence-corrected chi connectivity index (χ1v) is 10.2. The van der Waals surface area contributed by atoms with Gasteiger partial charge in [-0.15, -0.1) is 0 Å². The highest BCUT2D eigenvalue weighted by molar-refractivity contribution is 7.91. The van der Waals surface area contributed by atoms with Gasteiger partial charge in [-0.25, -0.2) is 21.6 Å². The second-order valence-electron chi connectivity index (χ2n) is 5.09. The molecular formula is C15H13ClNO6S2-. The molecule has 1 atom stereocenters. The highest BCUT2D eigenvalue weighted by Gasteiger charge is 2.22. The topological polar surface area (TPSA) is 120 Å². The van der Waals surface area contributed by atoms with Crippen molar-refractivity contribution in [1.82, 2.24) is 4.72 Å². The maximum atomic E-state index is 12.6. The predicted octanol–water partition coefficient (Wildman–Crippen LogP) is 0.590. The van der Waals surface area contributed by atoms with Crippen molar-refractivity contribution in [3.63, 3.8) is 0 Å². The molecule has 2 aromatic rings. The van der Waals surface area contributed by atoms with E-state index in [0.29, 0.717) is 5.02 Å². The van der Waals surface area contributed by atoms with Crippen LogP contribution in [0.1, 0.15) is 6.92 Å². The van der Waals surface area contributed by atoms with E-state index in [-0.39, 0.29) is 14.7 Å². The van der Waals surface area contributed by atoms with Gasteiger partial charge in [-0.05, 0) is 49.4 Å². The maximum Gasteiger partial charge on any atom is 0.241 e. The van der Waals surface area contributed by atoms with Gasteiger partial charge in [0.25, 0.3) is 0 Å². The number of halogens is 1. The van der Waals surface area contributed by atoms with Crippen LogP contribution in [0.25, 0.3) is 0 Å². The predicted molar refractivity (Wildman–Crippen MR) is 88.1 cm³/mol. The zero-order chi connectivity index (χ0) is 18.8. The molecule has 0 aliphatic carbocycles. The van der Waals surface area contributed by atoms with Gasteiger partial charge in [-0.2, -0.15) is 0 Å². The van der Waals surface area contributed by atoms with Gasteiger partial charge in [0, 0.05) is 5.02 Å². The van der Waals surface area contributed by atoms with E-state index in [9.17, 15) is 26.7 Å². The monoisotopic (exact) mass is 402 g/mol. The number of sulfonamides is 1. The Labute approximate surface area is 150 Å². The van der Waals surface area contributed by atoms with Gasteiger partial charge in [0.05, 0.1) is 26.7 Å². The summed E-state index contributed by atoms with van der Waals surface area (Å²) >= 11 is 5.73. The molecule has 0 aromatic heterocycles. The van der Waals surface area contributed by atoms with Crippen molar-refractivity contribution < 1.29 is 26.7 Å². The van der Waals surface area contributed by atoms with E-state index >= 15 is 0 Å². The molecule has 10 heteroatoms. The summed E-state index contributed by atoms with van der Waals surface area (Å²) in [6, 6.07) is 8.54. The Morgan fingerprint density at radius 2 is 1.56 bits per heavy atom. The summed E-state index contributed by atoms with van der Waals surface area (Å²) < 4.78 is 51.5. The van der Waals surface area contributed by atoms with Gasteiger partial charge in [0.1, 0.15) is 0 Å². The smallest absolute Gasteiger partial charge is 0.241 e. The Morgan fingerprint density at radius 1 is 1.00 bits per heavy atom. The normalized spacial score (nSPS) is 13.4. The van der Waals surface area contributed by atoms with Crippen LogP contribution in [0.3, 0.4) is 0 Å². The number of carbonyl (C=O) groups is 1. The molecule has 0 aliphatic heterocycles. The van der Waals surface area contributed by atoms with E-state index in [4.69, 9.17) is 11.6 Å². The molecule has 0 bridgehead atoms. The first kappa shape index (κ1) is 19.4. The fourth-order valence-corrected chi connectivity index (χ4v) is 4.65. The zero-order valence-electron chi connectivity index (χ0n) is 12.8. The lowest BCUT2D eigenvalue weighted by atomic mass is 10.4. The third-order valence-corrected chi connectivity index (χ3v) is 6.79. The van der Waals surface area contributed by atoms with Crippen LogP contribution in [0.4, 0.5) is 0 Å². The second kappa shape index (κ2) is 7.12. The summed E-state index contributed by atoms with van der Waals surface area (Å²) in [5, 5.41) is 11.1. The van der Waals surface area contributed by atoms with Crippen molar-refractivity contribution in [3.8, 4) is 0 Å². The fraction of sp³-hybridized carbons (Fsp3) is 0.133. The highest BCUT2D eigenvalue weighted by atomic mass is 35.5. The van der Waals surface area contributed by atoms with E-state index in [1.807, 2.05) is 4.72 Å². The van der Waals surface area contributed by atoms with Crippen molar-refractivity contribution >= 4 is 37.4 Å². The standard InChI is InChI=1S/C15H14ClNO6S2/c1-10(15(18)19)17-25(22,23)14-4-2-3-13(9-14)24(20,21)12-7-5-11(16)6-8-12/h2-10,17H,1H3,(H,18,19)/p-1. The Morgan fingerprint density at radius 3 is 2.12 bits per heavy atom. The van der Waals surface area contributed by atoms with Crippen LogP contribution < -0.4 is 9.83 Å². The second-order valence-corrected chi connectivity index (χ2v) is 9.19. The number of benzene rings is 2. The lowest BCUT2D eigenvalue weighted by molar-refractivity contribution is -0.307. The van der Waals surface area contributed by atoms with Crippen molar-refractivity contribution in [2.45, 2.75) is 27.7 Å². The van der Waals surface area contributed by atoms with Crippen LogP contribution in [0.15, 0.2) is 63.2 Å². The van der Waals surface area contributed by atoms with Gasteiger partial charge in [-0.3, -0.25) is 0 Å². The number of nitrogens with one attached hydrogen (secondary N) is 1. The van der Waals surface area contributed by atoms with Crippen LogP contribution in [0, 0.1) is 0 Å². The summed E-state index contributed by atoms with van der Waals surface area (Å²) in [6.45, 7) is 1.10. The molecule has 2 rings (SSSR count). The molecular weight excluding hydrogens is 390 g/mol. The van der Waals surface area contributed by atoms with Crippen molar-refractivity contribution in [2.24, 2.45) is 0 Å². The van der Waals surface area contributed by atoms with Gasteiger partial charge < -0.3 is 9.90 Å². The quantitative estimate of drug-likeness (QED) is 0.754. The van der Waals surface area contributed by atoms with Gasteiger partial charge in [0.2, 0.25) is 19.9 Å². The third kappa shape index (κ3) is 4.37. The minimum absolute atomic E-state index is 0.0532. The van der Waals surface area contributed by atoms with E-state index in [2.05, 4.69) is 0 Å². The Balaban J connectivity index is 2.45. The van der Waals surface area contributed by atoms with Crippen LogP contribution >= 0.6 is 11.6 Å². The SMILES string of the molecule is CC(NS(=O)(=O)c1cccc(S(=O)(=O)c2ccc(Cl)cc2)c1)C(=O)[O-]. The molecule has 1 N–H and O–H groups in total. The van der Waals surface area contributed by atoms with E-state index in [0.717, 1.165) is 19.1 Å². The highest BCUT2D eigenvalue weighted by Crippen LogP contribution is 2.24. The molecule has 0 amide bonds. The minimum Gasteiger partial charge on any atom is -0.548 e. The molecule has 0 aliphatic rings. The van der Waals surface area contributed by atoms with Crippen LogP contribution in [0.5, 0.6) is 0 Å². The average Bonchev–Trinajstić information content (AvgIpc) is 2.55. The molecule has 1 unspecified atom stereocenters. The van der Waals surface area contributed by atoms with Crippen LogP contribution in [-0.2, 0) is 24.7 Å². The van der Waals surface area contributed by atoms with Gasteiger partial charge in [-0.1, -0.05) is 17.7 Å². The molecule has 0 spiro atoms. The minimum atomic E-state index is -4.23. The van der Waals surface area contributed by atoms with Crippen molar-refractivity contribution in [1.29, 1.82) is 0 Å². The molecule has 134 valence electrons. The lowest BCUT2D eigenvalue weighted by Crippen LogP contribution is -2.45. The largest absolute Gasteiger partial charge is 0.548 e. The Kier molecular flexibility index (Phi) is 5.52. The van der Waals surface area contributed by atoms with Gasteiger partial charge in [0.15, 0.2) is 0 Å². The first-order valence-electron chi connectivity index (χ1n) is 6.88. The maximum absolute atomic E-state index is 12.6. The third-order valence-electron chi connectivity index (χ3n) is 3.24. The van der Waals surface area contributed by atoms with Crippen LogP contribution in [0.2, 0.25) is 5.02 Å². The average molecular weight is 403 g/mol. The summed E-state index contributed by atoms with van der Waals surface area (Å²) in [5.74, 6) is -1.60. The van der Waals surface area contributed by atoms with Crippen molar-refractivity contribution in [3.05, 3.63) is 53.6 Å². The fourth-order valence-electron chi connectivity index (χ4n) is 1.91. The summed E-state index contributed by atoms with van der Waals surface area (Å²) in [7, 11) is -8.20. The molecule has 0 radical (unpaired) electrons. The van der Waals surface area contributed by atoms with Crippen molar-refractivity contribution in [2.75, 3.05) is 0 Å². The Bertz CT molecular complexity index is 1000. The summed E-state index contributed by atoms with van der Waals surface area (Å²) in [6.07, 6.45) is 0. The first-order chi connectivity index (χ1) is 11.5. The summed E-state index contributed by atoms with van der Waals surface area (Å²) in [5.41, 5.74) is 0. The number of aliphatic carboxylic acids is 1. The number of carboxylic acids is 1. The molecule has 7 nitrogen and oxygen atoms in total. The number of carboxylic acid groups (broad SMARTS) is 1. The zero-order valence-corrected chi connectivity index (χ0v) is 15.2. The number of hydrogen-bond donors (Lipinski definition) is 1. The molecule has 0 fully saturated rings. The lowest BCUT2D eigenvalue weighted by Gasteiger charge is -2.15.